The van der Waals surface area contributed by atoms with E-state index in [-0.39, 0.29) is 18.9 Å². The highest BCUT2D eigenvalue weighted by atomic mass is 17.3. The first-order valence-corrected chi connectivity index (χ1v) is 4.47. The SMILES string of the molecule is CC1OOC2CCCCC(O1)O2. The molecule has 2 aliphatic rings. The van der Waals surface area contributed by atoms with E-state index in [4.69, 9.17) is 19.2 Å². The first kappa shape index (κ1) is 8.44. The molecule has 12 heavy (non-hydrogen) atoms. The van der Waals surface area contributed by atoms with Crippen molar-refractivity contribution >= 4 is 0 Å². The van der Waals surface area contributed by atoms with E-state index in [1.807, 2.05) is 0 Å². The van der Waals surface area contributed by atoms with Gasteiger partial charge in [0.1, 0.15) is 0 Å². The number of rotatable bonds is 0. The molecule has 70 valence electrons. The highest BCUT2D eigenvalue weighted by Crippen LogP contribution is 2.24. The second-order valence-electron chi connectivity index (χ2n) is 3.18. The summed E-state index contributed by atoms with van der Waals surface area (Å²) < 4.78 is 10.9. The van der Waals surface area contributed by atoms with Crippen molar-refractivity contribution in [1.29, 1.82) is 0 Å². The highest BCUT2D eigenvalue weighted by molar-refractivity contribution is 4.58. The fourth-order valence-corrected chi connectivity index (χ4v) is 1.47. The molecular formula is C8H14O4. The summed E-state index contributed by atoms with van der Waals surface area (Å²) in [6.45, 7) is 1.81. The number of fused-ring (bicyclic) bond motifs is 2. The maximum Gasteiger partial charge on any atom is 0.194 e. The highest BCUT2D eigenvalue weighted by Gasteiger charge is 2.28. The minimum Gasteiger partial charge on any atom is -0.321 e. The van der Waals surface area contributed by atoms with Crippen molar-refractivity contribution in [2.75, 3.05) is 0 Å². The Morgan fingerprint density at radius 3 is 2.50 bits per heavy atom. The summed E-state index contributed by atoms with van der Waals surface area (Å²) in [5.41, 5.74) is 0. The van der Waals surface area contributed by atoms with Gasteiger partial charge < -0.3 is 9.47 Å². The zero-order chi connectivity index (χ0) is 8.39. The Hall–Kier alpha value is -0.160. The Morgan fingerprint density at radius 2 is 1.67 bits per heavy atom. The minimum atomic E-state index is -0.321. The van der Waals surface area contributed by atoms with Crippen molar-refractivity contribution in [2.24, 2.45) is 0 Å². The van der Waals surface area contributed by atoms with Crippen LogP contribution in [0.25, 0.3) is 0 Å². The minimum absolute atomic E-state index is 0.144. The van der Waals surface area contributed by atoms with Crippen LogP contribution in [0, 0.1) is 0 Å². The summed E-state index contributed by atoms with van der Waals surface area (Å²) >= 11 is 0. The van der Waals surface area contributed by atoms with Crippen LogP contribution in [0.3, 0.4) is 0 Å². The fraction of sp³-hybridized carbons (Fsp3) is 1.00. The quantitative estimate of drug-likeness (QED) is 0.522. The first-order valence-electron chi connectivity index (χ1n) is 4.47. The van der Waals surface area contributed by atoms with Crippen LogP contribution in [0.2, 0.25) is 0 Å². The van der Waals surface area contributed by atoms with Gasteiger partial charge in [0.15, 0.2) is 18.9 Å². The second-order valence-corrected chi connectivity index (χ2v) is 3.18. The fourth-order valence-electron chi connectivity index (χ4n) is 1.47. The summed E-state index contributed by atoms with van der Waals surface area (Å²) in [5, 5.41) is 0. The van der Waals surface area contributed by atoms with Crippen molar-refractivity contribution in [3.8, 4) is 0 Å². The van der Waals surface area contributed by atoms with Crippen molar-refractivity contribution < 1.29 is 19.2 Å². The Kier molecular flexibility index (Phi) is 2.60. The molecule has 0 aromatic carbocycles. The zero-order valence-corrected chi connectivity index (χ0v) is 7.19. The van der Waals surface area contributed by atoms with E-state index < -0.39 is 0 Å². The monoisotopic (exact) mass is 174 g/mol. The van der Waals surface area contributed by atoms with Gasteiger partial charge in [-0.3, -0.25) is 0 Å². The van der Waals surface area contributed by atoms with Gasteiger partial charge in [-0.15, -0.1) is 0 Å². The average molecular weight is 174 g/mol. The van der Waals surface area contributed by atoms with Gasteiger partial charge in [0.25, 0.3) is 0 Å². The van der Waals surface area contributed by atoms with Crippen LogP contribution in [-0.4, -0.2) is 18.9 Å². The van der Waals surface area contributed by atoms with Gasteiger partial charge >= 0.3 is 0 Å². The van der Waals surface area contributed by atoms with Gasteiger partial charge in [0.2, 0.25) is 0 Å². The molecule has 0 N–H and O–H groups in total. The van der Waals surface area contributed by atoms with E-state index >= 15 is 0 Å². The van der Waals surface area contributed by atoms with Crippen LogP contribution in [0.15, 0.2) is 0 Å². The third kappa shape index (κ3) is 1.95. The predicted molar refractivity (Wildman–Crippen MR) is 39.8 cm³/mol. The maximum atomic E-state index is 5.47. The number of hydrogen-bond donors (Lipinski definition) is 0. The molecule has 0 aromatic rings. The molecule has 0 amide bonds. The molecule has 4 heteroatoms. The summed E-state index contributed by atoms with van der Waals surface area (Å²) in [6.07, 6.45) is 3.38. The molecule has 0 radical (unpaired) electrons. The largest absolute Gasteiger partial charge is 0.321 e. The van der Waals surface area contributed by atoms with Crippen LogP contribution in [0.4, 0.5) is 0 Å². The van der Waals surface area contributed by atoms with E-state index in [2.05, 4.69) is 0 Å². The van der Waals surface area contributed by atoms with Crippen LogP contribution in [0.5, 0.6) is 0 Å². The topological polar surface area (TPSA) is 36.9 Å². The summed E-state index contributed by atoms with van der Waals surface area (Å²) in [6, 6.07) is 0. The van der Waals surface area contributed by atoms with Gasteiger partial charge in [-0.2, -0.15) is 0 Å². The smallest absolute Gasteiger partial charge is 0.194 e. The van der Waals surface area contributed by atoms with Crippen molar-refractivity contribution in [1.82, 2.24) is 0 Å². The van der Waals surface area contributed by atoms with E-state index in [1.54, 1.807) is 6.92 Å². The molecule has 4 nitrogen and oxygen atoms in total. The van der Waals surface area contributed by atoms with Gasteiger partial charge in [-0.1, -0.05) is 0 Å². The lowest BCUT2D eigenvalue weighted by atomic mass is 10.2. The van der Waals surface area contributed by atoms with Gasteiger partial charge in [0, 0.05) is 6.42 Å². The van der Waals surface area contributed by atoms with Crippen molar-refractivity contribution in [3.05, 3.63) is 0 Å². The summed E-state index contributed by atoms with van der Waals surface area (Å²) in [7, 11) is 0. The van der Waals surface area contributed by atoms with Gasteiger partial charge in [0.05, 0.1) is 0 Å². The third-order valence-electron chi connectivity index (χ3n) is 2.08. The molecular weight excluding hydrogens is 160 g/mol. The molecule has 0 aromatic heterocycles. The molecule has 2 saturated heterocycles. The molecule has 3 atom stereocenters. The van der Waals surface area contributed by atoms with E-state index in [0.717, 1.165) is 25.7 Å². The molecule has 2 bridgehead atoms. The Morgan fingerprint density at radius 1 is 0.917 bits per heavy atom. The molecule has 2 aliphatic heterocycles. The third-order valence-corrected chi connectivity index (χ3v) is 2.08. The Balaban J connectivity index is 1.99. The van der Waals surface area contributed by atoms with Gasteiger partial charge in [-0.25, -0.2) is 9.78 Å². The van der Waals surface area contributed by atoms with E-state index in [9.17, 15) is 0 Å². The average Bonchev–Trinajstić information content (AvgIpc) is 2.35. The predicted octanol–water partition coefficient (Wildman–Crippen LogP) is 1.55. The summed E-state index contributed by atoms with van der Waals surface area (Å²) in [5.74, 6) is 0. The van der Waals surface area contributed by atoms with E-state index in [0.29, 0.717) is 0 Å². The van der Waals surface area contributed by atoms with Crippen LogP contribution < -0.4 is 0 Å². The maximum absolute atomic E-state index is 5.47. The normalized spacial score (nSPS) is 43.2. The standard InChI is InChI=1S/C8H14O4/c1-6-9-7-4-2-3-5-8(10-7)12-11-6/h6-8H,2-5H2,1H3. The Labute approximate surface area is 71.7 Å². The molecule has 2 fully saturated rings. The first-order chi connectivity index (χ1) is 5.84. The lowest BCUT2D eigenvalue weighted by Gasteiger charge is -2.14. The lowest BCUT2D eigenvalue weighted by Crippen LogP contribution is -2.21. The molecule has 3 unspecified atom stereocenters. The number of hydrogen-bond acceptors (Lipinski definition) is 4. The number of ether oxygens (including phenoxy) is 2. The summed E-state index contributed by atoms with van der Waals surface area (Å²) in [4.78, 5) is 9.94. The van der Waals surface area contributed by atoms with Crippen molar-refractivity contribution in [2.45, 2.75) is 51.5 Å². The molecule has 0 aliphatic carbocycles. The lowest BCUT2D eigenvalue weighted by molar-refractivity contribution is -0.395. The van der Waals surface area contributed by atoms with Crippen LogP contribution in [-0.2, 0) is 19.2 Å². The molecule has 0 spiro atoms. The second kappa shape index (κ2) is 3.70. The molecule has 2 rings (SSSR count). The zero-order valence-electron chi connectivity index (χ0n) is 7.19. The van der Waals surface area contributed by atoms with E-state index in [1.165, 1.54) is 0 Å². The molecule has 2 heterocycles. The van der Waals surface area contributed by atoms with Crippen LogP contribution >= 0.6 is 0 Å². The molecule has 0 saturated carbocycles. The van der Waals surface area contributed by atoms with Gasteiger partial charge in [-0.05, 0) is 26.2 Å². The van der Waals surface area contributed by atoms with Crippen molar-refractivity contribution in [3.63, 3.8) is 0 Å². The van der Waals surface area contributed by atoms with Crippen LogP contribution in [0.1, 0.15) is 32.6 Å². The Bertz CT molecular complexity index is 150.